The van der Waals surface area contributed by atoms with Crippen LogP contribution in [0.3, 0.4) is 0 Å². The van der Waals surface area contributed by atoms with Crippen LogP contribution in [0.5, 0.6) is 0 Å². The largest absolute Gasteiger partial charge is 0.480 e. The van der Waals surface area contributed by atoms with Crippen LogP contribution in [0.4, 0.5) is 14.9 Å². The number of rotatable bonds is 4. The Hall–Kier alpha value is -1.63. The van der Waals surface area contributed by atoms with Gasteiger partial charge in [-0.3, -0.25) is 4.79 Å². The number of nitrogens with zero attached hydrogens (tertiary/aromatic N) is 1. The lowest BCUT2D eigenvalue weighted by molar-refractivity contribution is -0.137. The molecule has 102 valence electrons. The van der Waals surface area contributed by atoms with E-state index in [0.29, 0.717) is 10.2 Å². The highest BCUT2D eigenvalue weighted by molar-refractivity contribution is 9.10. The summed E-state index contributed by atoms with van der Waals surface area (Å²) in [5.74, 6) is -1.56. The van der Waals surface area contributed by atoms with Gasteiger partial charge in [-0.25, -0.2) is 9.18 Å². The van der Waals surface area contributed by atoms with E-state index in [1.807, 2.05) is 0 Å². The van der Waals surface area contributed by atoms with Crippen LogP contribution in [-0.2, 0) is 4.79 Å². The van der Waals surface area contributed by atoms with Gasteiger partial charge >= 0.3 is 12.0 Å². The van der Waals surface area contributed by atoms with Crippen molar-refractivity contribution in [3.63, 3.8) is 0 Å². The van der Waals surface area contributed by atoms with Gasteiger partial charge in [0.2, 0.25) is 0 Å². The zero-order valence-corrected chi connectivity index (χ0v) is 11.5. The van der Waals surface area contributed by atoms with E-state index in [1.165, 1.54) is 23.1 Å². The minimum absolute atomic E-state index is 0.0311. The fraction of sp³-hybridized carbons (Fsp3) is 0.333. The summed E-state index contributed by atoms with van der Waals surface area (Å²) in [4.78, 5) is 23.9. The number of hydrogen-bond acceptors (Lipinski definition) is 2. The van der Waals surface area contributed by atoms with E-state index < -0.39 is 17.8 Å². The topological polar surface area (TPSA) is 69.6 Å². The second-order valence-electron chi connectivity index (χ2n) is 4.31. The summed E-state index contributed by atoms with van der Waals surface area (Å²) >= 11 is 3.01. The minimum atomic E-state index is -1.07. The van der Waals surface area contributed by atoms with Crippen molar-refractivity contribution >= 4 is 33.6 Å². The molecule has 0 radical (unpaired) electrons. The van der Waals surface area contributed by atoms with Crippen molar-refractivity contribution in [1.29, 1.82) is 0 Å². The number of hydrogen-bond donors (Lipinski definition) is 2. The zero-order valence-electron chi connectivity index (χ0n) is 9.90. The second-order valence-corrected chi connectivity index (χ2v) is 5.17. The predicted octanol–water partition coefficient (Wildman–Crippen LogP) is 2.67. The fourth-order valence-corrected chi connectivity index (χ4v) is 1.91. The Kier molecular flexibility index (Phi) is 4.04. The van der Waals surface area contributed by atoms with Crippen molar-refractivity contribution < 1.29 is 19.1 Å². The first-order valence-electron chi connectivity index (χ1n) is 5.72. The van der Waals surface area contributed by atoms with Gasteiger partial charge in [-0.2, -0.15) is 0 Å². The third kappa shape index (κ3) is 3.66. The summed E-state index contributed by atoms with van der Waals surface area (Å²) in [7, 11) is 0. The summed E-state index contributed by atoms with van der Waals surface area (Å²) in [6.07, 6.45) is 1.60. The van der Waals surface area contributed by atoms with E-state index in [0.717, 1.165) is 12.8 Å². The van der Waals surface area contributed by atoms with Gasteiger partial charge in [0.15, 0.2) is 0 Å². The number of carbonyl (C=O) groups excluding carboxylic acids is 1. The Morgan fingerprint density at radius 2 is 2.16 bits per heavy atom. The lowest BCUT2D eigenvalue weighted by atomic mass is 10.3. The number of anilines is 1. The Morgan fingerprint density at radius 1 is 1.47 bits per heavy atom. The number of amides is 2. The molecule has 1 aliphatic carbocycles. The molecule has 2 N–H and O–H groups in total. The molecule has 1 aromatic rings. The number of urea groups is 1. The van der Waals surface area contributed by atoms with Crippen LogP contribution in [0, 0.1) is 5.82 Å². The van der Waals surface area contributed by atoms with Gasteiger partial charge in [0.1, 0.15) is 12.4 Å². The molecule has 1 aliphatic rings. The van der Waals surface area contributed by atoms with Crippen molar-refractivity contribution in [1.82, 2.24) is 4.90 Å². The molecule has 0 unspecified atom stereocenters. The van der Waals surface area contributed by atoms with E-state index in [1.54, 1.807) is 0 Å². The lowest BCUT2D eigenvalue weighted by Gasteiger charge is -2.20. The normalized spacial score (nSPS) is 14.0. The molecular formula is C12H12BrFN2O3. The summed E-state index contributed by atoms with van der Waals surface area (Å²) in [6.45, 7) is -0.352. The van der Waals surface area contributed by atoms with E-state index in [-0.39, 0.29) is 12.6 Å². The van der Waals surface area contributed by atoms with Crippen molar-refractivity contribution in [2.45, 2.75) is 18.9 Å². The van der Waals surface area contributed by atoms with Crippen LogP contribution in [0.2, 0.25) is 0 Å². The molecule has 1 saturated carbocycles. The average Bonchev–Trinajstić information content (AvgIpc) is 3.14. The first-order chi connectivity index (χ1) is 8.97. The summed E-state index contributed by atoms with van der Waals surface area (Å²) in [5.41, 5.74) is 0.293. The Morgan fingerprint density at radius 3 is 2.68 bits per heavy atom. The third-order valence-corrected chi connectivity index (χ3v) is 3.37. The maximum absolute atomic E-state index is 13.3. The molecule has 0 saturated heterocycles. The highest BCUT2D eigenvalue weighted by Crippen LogP contribution is 2.27. The van der Waals surface area contributed by atoms with E-state index in [9.17, 15) is 14.0 Å². The van der Waals surface area contributed by atoms with Crippen LogP contribution >= 0.6 is 15.9 Å². The summed E-state index contributed by atoms with van der Waals surface area (Å²) in [6, 6.07) is 3.64. The first kappa shape index (κ1) is 13.8. The van der Waals surface area contributed by atoms with E-state index >= 15 is 0 Å². The van der Waals surface area contributed by atoms with Gasteiger partial charge in [0.25, 0.3) is 0 Å². The molecule has 1 fully saturated rings. The molecule has 7 heteroatoms. The standard InChI is InChI=1S/C12H12BrFN2O3/c13-9-4-1-7(5-10(9)14)15-12(19)16(6-11(17)18)8-2-3-8/h1,4-5,8H,2-3,6H2,(H,15,19)(H,17,18). The van der Waals surface area contributed by atoms with Crippen LogP contribution < -0.4 is 5.32 Å². The Labute approximate surface area is 117 Å². The number of halogens is 2. The van der Waals surface area contributed by atoms with Gasteiger partial charge in [0.05, 0.1) is 4.47 Å². The van der Waals surface area contributed by atoms with Crippen molar-refractivity contribution in [3.8, 4) is 0 Å². The lowest BCUT2D eigenvalue weighted by Crippen LogP contribution is -2.40. The molecule has 5 nitrogen and oxygen atoms in total. The molecule has 0 aromatic heterocycles. The fourth-order valence-electron chi connectivity index (χ4n) is 1.67. The van der Waals surface area contributed by atoms with Gasteiger partial charge < -0.3 is 15.3 Å². The van der Waals surface area contributed by atoms with Gasteiger partial charge in [-0.05, 0) is 47.0 Å². The van der Waals surface area contributed by atoms with E-state index in [2.05, 4.69) is 21.2 Å². The van der Waals surface area contributed by atoms with E-state index in [4.69, 9.17) is 5.11 Å². The number of nitrogens with one attached hydrogen (secondary N) is 1. The van der Waals surface area contributed by atoms with Crippen LogP contribution in [-0.4, -0.2) is 34.6 Å². The molecular weight excluding hydrogens is 319 g/mol. The highest BCUT2D eigenvalue weighted by Gasteiger charge is 2.33. The van der Waals surface area contributed by atoms with Gasteiger partial charge in [-0.15, -0.1) is 0 Å². The molecule has 0 aliphatic heterocycles. The Bertz CT molecular complexity index is 520. The number of carbonyl (C=O) groups is 2. The maximum atomic E-state index is 13.3. The van der Waals surface area contributed by atoms with Crippen molar-refractivity contribution in [2.75, 3.05) is 11.9 Å². The number of carboxylic acid groups (broad SMARTS) is 1. The molecule has 19 heavy (non-hydrogen) atoms. The highest BCUT2D eigenvalue weighted by atomic mass is 79.9. The number of carboxylic acids is 1. The molecule has 0 bridgehead atoms. The summed E-state index contributed by atoms with van der Waals surface area (Å²) in [5, 5.41) is 11.3. The first-order valence-corrected chi connectivity index (χ1v) is 6.51. The second kappa shape index (κ2) is 5.56. The predicted molar refractivity (Wildman–Crippen MR) is 70.5 cm³/mol. The number of benzene rings is 1. The Balaban J connectivity index is 2.05. The molecule has 1 aromatic carbocycles. The molecule has 0 atom stereocenters. The van der Waals surface area contributed by atoms with Crippen LogP contribution in [0.1, 0.15) is 12.8 Å². The quantitative estimate of drug-likeness (QED) is 0.891. The van der Waals surface area contributed by atoms with Crippen molar-refractivity contribution in [2.24, 2.45) is 0 Å². The molecule has 2 rings (SSSR count). The number of aliphatic carboxylic acids is 1. The minimum Gasteiger partial charge on any atom is -0.480 e. The smallest absolute Gasteiger partial charge is 0.323 e. The monoisotopic (exact) mass is 330 g/mol. The maximum Gasteiger partial charge on any atom is 0.323 e. The van der Waals surface area contributed by atoms with Crippen LogP contribution in [0.15, 0.2) is 22.7 Å². The zero-order chi connectivity index (χ0) is 14.0. The van der Waals surface area contributed by atoms with Gasteiger partial charge in [-0.1, -0.05) is 0 Å². The van der Waals surface area contributed by atoms with Crippen LogP contribution in [0.25, 0.3) is 0 Å². The molecule has 2 amide bonds. The average molecular weight is 331 g/mol. The van der Waals surface area contributed by atoms with Crippen molar-refractivity contribution in [3.05, 3.63) is 28.5 Å². The third-order valence-electron chi connectivity index (χ3n) is 2.72. The summed E-state index contributed by atoms with van der Waals surface area (Å²) < 4.78 is 13.6. The molecule has 0 spiro atoms. The SMILES string of the molecule is O=C(O)CN(C(=O)Nc1ccc(Br)c(F)c1)C1CC1. The van der Waals surface area contributed by atoms with Gasteiger partial charge in [0, 0.05) is 11.7 Å². The molecule has 0 heterocycles.